The molecule has 1 heterocycles. The highest BCUT2D eigenvalue weighted by atomic mass is 79.9. The average molecular weight is 359 g/mol. The van der Waals surface area contributed by atoms with Crippen LogP contribution in [0.1, 0.15) is 34.7 Å². The SMILES string of the molecule is CCCNC(c1ccc(Cl)c(Br)c1)c1ccc(C)s1. The quantitative estimate of drug-likeness (QED) is 0.737. The van der Waals surface area contributed by atoms with Gasteiger partial charge in [0.25, 0.3) is 0 Å². The molecule has 0 fully saturated rings. The summed E-state index contributed by atoms with van der Waals surface area (Å²) in [6.07, 6.45) is 1.12. The topological polar surface area (TPSA) is 12.0 Å². The molecule has 4 heteroatoms. The summed E-state index contributed by atoms with van der Waals surface area (Å²) in [6, 6.07) is 10.8. The van der Waals surface area contributed by atoms with E-state index in [4.69, 9.17) is 11.6 Å². The summed E-state index contributed by atoms with van der Waals surface area (Å²) in [6.45, 7) is 5.33. The van der Waals surface area contributed by atoms with Crippen molar-refractivity contribution in [3.63, 3.8) is 0 Å². The Morgan fingerprint density at radius 1 is 1.32 bits per heavy atom. The van der Waals surface area contributed by atoms with Crippen LogP contribution in [-0.2, 0) is 0 Å². The van der Waals surface area contributed by atoms with E-state index in [1.807, 2.05) is 17.4 Å². The average Bonchev–Trinajstić information content (AvgIpc) is 2.80. The lowest BCUT2D eigenvalue weighted by molar-refractivity contribution is 0.605. The highest BCUT2D eigenvalue weighted by Gasteiger charge is 2.16. The zero-order chi connectivity index (χ0) is 13.8. The maximum Gasteiger partial charge on any atom is 0.0671 e. The van der Waals surface area contributed by atoms with Gasteiger partial charge in [-0.2, -0.15) is 0 Å². The number of hydrogen-bond acceptors (Lipinski definition) is 2. The molecule has 0 spiro atoms. The van der Waals surface area contributed by atoms with Crippen LogP contribution in [0.3, 0.4) is 0 Å². The van der Waals surface area contributed by atoms with Crippen LogP contribution in [0.5, 0.6) is 0 Å². The molecule has 0 aliphatic carbocycles. The van der Waals surface area contributed by atoms with Gasteiger partial charge in [-0.15, -0.1) is 11.3 Å². The van der Waals surface area contributed by atoms with E-state index in [2.05, 4.69) is 59.4 Å². The molecule has 0 aliphatic heterocycles. The van der Waals surface area contributed by atoms with Crippen LogP contribution in [-0.4, -0.2) is 6.54 Å². The first kappa shape index (κ1) is 15.0. The molecule has 0 saturated heterocycles. The predicted octanol–water partition coefficient (Wildman–Crippen LogP) is 5.56. The van der Waals surface area contributed by atoms with Crippen LogP contribution < -0.4 is 5.32 Å². The van der Waals surface area contributed by atoms with Gasteiger partial charge >= 0.3 is 0 Å². The summed E-state index contributed by atoms with van der Waals surface area (Å²) in [4.78, 5) is 2.69. The number of aryl methyl sites for hydroxylation is 1. The lowest BCUT2D eigenvalue weighted by Gasteiger charge is -2.18. The first-order chi connectivity index (χ1) is 9.11. The summed E-state index contributed by atoms with van der Waals surface area (Å²) in [5.41, 5.74) is 1.24. The van der Waals surface area contributed by atoms with Crippen LogP contribution in [0.25, 0.3) is 0 Å². The number of hydrogen-bond donors (Lipinski definition) is 1. The second kappa shape index (κ2) is 6.89. The van der Waals surface area contributed by atoms with Crippen LogP contribution in [0.15, 0.2) is 34.8 Å². The lowest BCUT2D eigenvalue weighted by atomic mass is 10.1. The first-order valence-electron chi connectivity index (χ1n) is 6.36. The van der Waals surface area contributed by atoms with Gasteiger partial charge in [0.1, 0.15) is 0 Å². The Labute approximate surface area is 132 Å². The molecular weight excluding hydrogens is 342 g/mol. The minimum atomic E-state index is 0.243. The van der Waals surface area contributed by atoms with Crippen LogP contribution in [0.2, 0.25) is 5.02 Å². The van der Waals surface area contributed by atoms with Crippen molar-refractivity contribution in [3.05, 3.63) is 55.1 Å². The van der Waals surface area contributed by atoms with E-state index in [1.54, 1.807) is 0 Å². The van der Waals surface area contributed by atoms with E-state index in [0.29, 0.717) is 0 Å². The molecule has 0 aliphatic rings. The fraction of sp³-hybridized carbons (Fsp3) is 0.333. The molecule has 1 aromatic heterocycles. The molecule has 2 rings (SSSR count). The molecule has 0 amide bonds. The molecule has 2 aromatic rings. The van der Waals surface area contributed by atoms with E-state index in [-0.39, 0.29) is 6.04 Å². The highest BCUT2D eigenvalue weighted by molar-refractivity contribution is 9.10. The molecule has 102 valence electrons. The molecule has 0 radical (unpaired) electrons. The fourth-order valence-electron chi connectivity index (χ4n) is 1.97. The second-order valence-corrected chi connectivity index (χ2v) is 7.09. The van der Waals surface area contributed by atoms with Crippen LogP contribution in [0.4, 0.5) is 0 Å². The van der Waals surface area contributed by atoms with E-state index in [9.17, 15) is 0 Å². The molecule has 0 bridgehead atoms. The molecule has 0 saturated carbocycles. The molecule has 1 N–H and O–H groups in total. The summed E-state index contributed by atoms with van der Waals surface area (Å²) < 4.78 is 0.947. The monoisotopic (exact) mass is 357 g/mol. The van der Waals surface area contributed by atoms with Crippen molar-refractivity contribution in [1.29, 1.82) is 0 Å². The minimum absolute atomic E-state index is 0.243. The maximum absolute atomic E-state index is 6.08. The third-order valence-corrected chi connectivity index (χ3v) is 5.20. The molecular formula is C15H17BrClNS. The van der Waals surface area contributed by atoms with Crippen molar-refractivity contribution in [1.82, 2.24) is 5.32 Å². The van der Waals surface area contributed by atoms with E-state index >= 15 is 0 Å². The van der Waals surface area contributed by atoms with Gasteiger partial charge in [-0.3, -0.25) is 0 Å². The Kier molecular flexibility index (Phi) is 5.46. The summed E-state index contributed by atoms with van der Waals surface area (Å²) in [7, 11) is 0. The van der Waals surface area contributed by atoms with Gasteiger partial charge in [-0.25, -0.2) is 0 Å². The van der Waals surface area contributed by atoms with Crippen molar-refractivity contribution < 1.29 is 0 Å². The van der Waals surface area contributed by atoms with Crippen molar-refractivity contribution >= 4 is 38.9 Å². The zero-order valence-electron chi connectivity index (χ0n) is 11.0. The van der Waals surface area contributed by atoms with Crippen LogP contribution in [0, 0.1) is 6.92 Å². The van der Waals surface area contributed by atoms with Gasteiger partial charge in [-0.1, -0.05) is 24.6 Å². The minimum Gasteiger partial charge on any atom is -0.306 e. The summed E-state index contributed by atoms with van der Waals surface area (Å²) in [5.74, 6) is 0. The molecule has 1 aromatic carbocycles. The Bertz CT molecular complexity index is 553. The lowest BCUT2D eigenvalue weighted by Crippen LogP contribution is -2.22. The third kappa shape index (κ3) is 3.82. The number of nitrogens with one attached hydrogen (secondary N) is 1. The maximum atomic E-state index is 6.08. The standard InChI is InChI=1S/C15H17BrClNS/c1-3-8-18-15(14-7-4-10(2)19-14)11-5-6-13(17)12(16)9-11/h4-7,9,15,18H,3,8H2,1-2H3. The van der Waals surface area contributed by atoms with Gasteiger partial charge in [0, 0.05) is 14.2 Å². The smallest absolute Gasteiger partial charge is 0.0671 e. The fourth-order valence-corrected chi connectivity index (χ4v) is 3.47. The second-order valence-electron chi connectivity index (χ2n) is 4.51. The van der Waals surface area contributed by atoms with Crippen molar-refractivity contribution in [2.24, 2.45) is 0 Å². The Hall–Kier alpha value is -0.350. The number of thiophene rings is 1. The van der Waals surface area contributed by atoms with E-state index in [0.717, 1.165) is 22.5 Å². The van der Waals surface area contributed by atoms with Gasteiger partial charge in [0.15, 0.2) is 0 Å². The van der Waals surface area contributed by atoms with Gasteiger partial charge < -0.3 is 5.32 Å². The Morgan fingerprint density at radius 3 is 2.68 bits per heavy atom. The number of rotatable bonds is 5. The predicted molar refractivity (Wildman–Crippen MR) is 88.3 cm³/mol. The van der Waals surface area contributed by atoms with Crippen molar-refractivity contribution in [3.8, 4) is 0 Å². The summed E-state index contributed by atoms with van der Waals surface area (Å²) >= 11 is 11.4. The zero-order valence-corrected chi connectivity index (χ0v) is 14.2. The van der Waals surface area contributed by atoms with Gasteiger partial charge in [0.05, 0.1) is 11.1 Å². The first-order valence-corrected chi connectivity index (χ1v) is 8.35. The molecule has 19 heavy (non-hydrogen) atoms. The van der Waals surface area contributed by atoms with Crippen LogP contribution >= 0.6 is 38.9 Å². The number of halogens is 2. The molecule has 1 nitrogen and oxygen atoms in total. The largest absolute Gasteiger partial charge is 0.306 e. The molecule has 1 unspecified atom stereocenters. The van der Waals surface area contributed by atoms with E-state index < -0.39 is 0 Å². The third-order valence-electron chi connectivity index (χ3n) is 2.92. The number of benzene rings is 1. The molecule has 1 atom stereocenters. The summed E-state index contributed by atoms with van der Waals surface area (Å²) in [5, 5.41) is 4.36. The van der Waals surface area contributed by atoms with Crippen molar-refractivity contribution in [2.45, 2.75) is 26.3 Å². The van der Waals surface area contributed by atoms with E-state index in [1.165, 1.54) is 15.3 Å². The Morgan fingerprint density at radius 2 is 2.11 bits per heavy atom. The van der Waals surface area contributed by atoms with Gasteiger partial charge in [-0.05, 0) is 65.6 Å². The van der Waals surface area contributed by atoms with Gasteiger partial charge in [0.2, 0.25) is 0 Å². The highest BCUT2D eigenvalue weighted by Crippen LogP contribution is 2.32. The normalized spacial score (nSPS) is 12.6. The Balaban J connectivity index is 2.33. The van der Waals surface area contributed by atoms with Crippen molar-refractivity contribution in [2.75, 3.05) is 6.54 Å².